The van der Waals surface area contributed by atoms with E-state index in [1.165, 1.54) is 28.4 Å². The van der Waals surface area contributed by atoms with Gasteiger partial charge in [-0.05, 0) is 37.0 Å². The molecule has 0 unspecified atom stereocenters. The van der Waals surface area contributed by atoms with Gasteiger partial charge in [0.1, 0.15) is 0 Å². The fraction of sp³-hybridized carbons (Fsp3) is 0.538. The molecule has 1 aromatic rings. The van der Waals surface area contributed by atoms with Gasteiger partial charge in [-0.2, -0.15) is 0 Å². The molecule has 0 aromatic heterocycles. The van der Waals surface area contributed by atoms with Crippen LogP contribution >= 0.6 is 15.9 Å². The lowest BCUT2D eigenvalue weighted by molar-refractivity contribution is 0.183. The summed E-state index contributed by atoms with van der Waals surface area (Å²) in [7, 11) is 0. The molecule has 0 heterocycles. The highest BCUT2D eigenvalue weighted by atomic mass is 79.9. The van der Waals surface area contributed by atoms with Crippen molar-refractivity contribution in [2.75, 3.05) is 13.2 Å². The molecule has 1 aromatic carbocycles. The molecule has 0 amide bonds. The lowest BCUT2D eigenvalue weighted by atomic mass is 10.1. The van der Waals surface area contributed by atoms with Crippen molar-refractivity contribution in [2.45, 2.75) is 32.4 Å². The molecule has 1 aliphatic rings. The molecule has 1 aliphatic carbocycles. The molecule has 0 atom stereocenters. The molecule has 0 radical (unpaired) electrons. The molecule has 0 spiro atoms. The first-order valence-corrected chi connectivity index (χ1v) is 6.60. The third-order valence-corrected chi connectivity index (χ3v) is 4.06. The van der Waals surface area contributed by atoms with Crippen molar-refractivity contribution < 1.29 is 5.11 Å². The second kappa shape index (κ2) is 5.30. The van der Waals surface area contributed by atoms with Crippen molar-refractivity contribution in [1.29, 1.82) is 0 Å². The van der Waals surface area contributed by atoms with Crippen molar-refractivity contribution >= 4 is 15.9 Å². The number of halogens is 1. The summed E-state index contributed by atoms with van der Waals surface area (Å²) in [6.45, 7) is 4.14. The molecule has 0 aliphatic heterocycles. The van der Waals surface area contributed by atoms with Crippen LogP contribution in [0.4, 0.5) is 0 Å². The summed E-state index contributed by atoms with van der Waals surface area (Å²) >= 11 is 3.56. The minimum absolute atomic E-state index is 0.254. The molecule has 2 rings (SSSR count). The smallest absolute Gasteiger partial charge is 0.0558 e. The van der Waals surface area contributed by atoms with Crippen molar-refractivity contribution in [2.24, 2.45) is 0 Å². The Morgan fingerprint density at radius 2 is 2.19 bits per heavy atom. The normalized spacial score (nSPS) is 15.8. The van der Waals surface area contributed by atoms with Gasteiger partial charge in [0.2, 0.25) is 0 Å². The van der Waals surface area contributed by atoms with Gasteiger partial charge >= 0.3 is 0 Å². The van der Waals surface area contributed by atoms with E-state index in [0.29, 0.717) is 6.04 Å². The molecule has 1 N–H and O–H groups in total. The van der Waals surface area contributed by atoms with E-state index in [1.54, 1.807) is 0 Å². The largest absolute Gasteiger partial charge is 0.395 e. The maximum Gasteiger partial charge on any atom is 0.0558 e. The van der Waals surface area contributed by atoms with Crippen LogP contribution in [0.5, 0.6) is 0 Å². The SMILES string of the molecule is Cc1c(Br)cccc1CN(CCO)C1CC1. The number of hydrogen-bond acceptors (Lipinski definition) is 2. The van der Waals surface area contributed by atoms with Crippen LogP contribution in [0.15, 0.2) is 22.7 Å². The fourth-order valence-electron chi connectivity index (χ4n) is 2.00. The van der Waals surface area contributed by atoms with E-state index in [0.717, 1.165) is 13.1 Å². The zero-order valence-corrected chi connectivity index (χ0v) is 11.2. The number of hydrogen-bond donors (Lipinski definition) is 1. The van der Waals surface area contributed by atoms with Crippen molar-refractivity contribution in [3.05, 3.63) is 33.8 Å². The summed E-state index contributed by atoms with van der Waals surface area (Å²) in [5.74, 6) is 0. The summed E-state index contributed by atoms with van der Waals surface area (Å²) in [5.41, 5.74) is 2.67. The van der Waals surface area contributed by atoms with Gasteiger partial charge in [0.05, 0.1) is 6.61 Å². The van der Waals surface area contributed by atoms with Gasteiger partial charge in [0.15, 0.2) is 0 Å². The zero-order valence-electron chi connectivity index (χ0n) is 9.62. The first kappa shape index (κ1) is 12.1. The van der Waals surface area contributed by atoms with Gasteiger partial charge in [-0.25, -0.2) is 0 Å². The van der Waals surface area contributed by atoms with E-state index in [1.807, 2.05) is 0 Å². The van der Waals surface area contributed by atoms with Crippen LogP contribution in [-0.2, 0) is 6.54 Å². The Hall–Kier alpha value is -0.380. The van der Waals surface area contributed by atoms with Crippen LogP contribution < -0.4 is 0 Å². The standard InChI is InChI=1S/C13H18BrNO/c1-10-11(3-2-4-13(10)14)9-15(7-8-16)12-5-6-12/h2-4,12,16H,5-9H2,1H3. The second-order valence-corrected chi connectivity index (χ2v) is 5.30. The molecule has 1 saturated carbocycles. The van der Waals surface area contributed by atoms with Crippen molar-refractivity contribution in [1.82, 2.24) is 4.90 Å². The van der Waals surface area contributed by atoms with Gasteiger partial charge in [-0.3, -0.25) is 4.90 Å². The first-order valence-electron chi connectivity index (χ1n) is 5.81. The third kappa shape index (κ3) is 2.84. The van der Waals surface area contributed by atoms with E-state index in [9.17, 15) is 0 Å². The summed E-state index contributed by atoms with van der Waals surface area (Å²) in [6, 6.07) is 7.03. The number of benzene rings is 1. The topological polar surface area (TPSA) is 23.5 Å². The van der Waals surface area contributed by atoms with E-state index in [-0.39, 0.29) is 6.61 Å². The fourth-order valence-corrected chi connectivity index (χ4v) is 2.41. The summed E-state index contributed by atoms with van der Waals surface area (Å²) in [6.07, 6.45) is 2.57. The minimum Gasteiger partial charge on any atom is -0.395 e. The van der Waals surface area contributed by atoms with Gasteiger partial charge in [0, 0.05) is 23.6 Å². The monoisotopic (exact) mass is 283 g/mol. The van der Waals surface area contributed by atoms with Crippen LogP contribution in [-0.4, -0.2) is 29.2 Å². The van der Waals surface area contributed by atoms with Crippen LogP contribution in [0, 0.1) is 6.92 Å². The highest BCUT2D eigenvalue weighted by Gasteiger charge is 2.28. The molecule has 88 valence electrons. The number of aliphatic hydroxyl groups excluding tert-OH is 1. The zero-order chi connectivity index (χ0) is 11.5. The maximum atomic E-state index is 9.06. The average Bonchev–Trinajstić information content (AvgIpc) is 3.07. The third-order valence-electron chi connectivity index (χ3n) is 3.20. The van der Waals surface area contributed by atoms with Gasteiger partial charge in [-0.1, -0.05) is 28.1 Å². The predicted molar refractivity (Wildman–Crippen MR) is 69.4 cm³/mol. The Kier molecular flexibility index (Phi) is 4.00. The van der Waals surface area contributed by atoms with E-state index in [2.05, 4.69) is 46.0 Å². The Morgan fingerprint density at radius 3 is 2.81 bits per heavy atom. The quantitative estimate of drug-likeness (QED) is 0.898. The Morgan fingerprint density at radius 1 is 1.44 bits per heavy atom. The maximum absolute atomic E-state index is 9.06. The molecule has 3 heteroatoms. The molecule has 2 nitrogen and oxygen atoms in total. The minimum atomic E-state index is 0.254. The lowest BCUT2D eigenvalue weighted by Gasteiger charge is -2.22. The van der Waals surface area contributed by atoms with Gasteiger partial charge in [0.25, 0.3) is 0 Å². The van der Waals surface area contributed by atoms with Crippen molar-refractivity contribution in [3.8, 4) is 0 Å². The summed E-state index contributed by atoms with van der Waals surface area (Å²) in [4.78, 5) is 2.38. The number of nitrogens with zero attached hydrogens (tertiary/aromatic N) is 1. The van der Waals surface area contributed by atoms with Gasteiger partial charge in [-0.15, -0.1) is 0 Å². The van der Waals surface area contributed by atoms with Gasteiger partial charge < -0.3 is 5.11 Å². The highest BCUT2D eigenvalue weighted by molar-refractivity contribution is 9.10. The van der Waals surface area contributed by atoms with Crippen LogP contribution in [0.2, 0.25) is 0 Å². The van der Waals surface area contributed by atoms with Crippen molar-refractivity contribution in [3.63, 3.8) is 0 Å². The number of rotatable bonds is 5. The van der Waals surface area contributed by atoms with Crippen LogP contribution in [0.3, 0.4) is 0 Å². The Balaban J connectivity index is 2.08. The van der Waals surface area contributed by atoms with E-state index in [4.69, 9.17) is 5.11 Å². The summed E-state index contributed by atoms with van der Waals surface area (Å²) < 4.78 is 1.17. The summed E-state index contributed by atoms with van der Waals surface area (Å²) in [5, 5.41) is 9.06. The predicted octanol–water partition coefficient (Wildman–Crippen LogP) is 2.71. The Labute approximate surface area is 105 Å². The van der Waals surface area contributed by atoms with E-state index < -0.39 is 0 Å². The van der Waals surface area contributed by atoms with E-state index >= 15 is 0 Å². The molecule has 0 saturated heterocycles. The molecular weight excluding hydrogens is 266 g/mol. The first-order chi connectivity index (χ1) is 7.72. The second-order valence-electron chi connectivity index (χ2n) is 4.45. The lowest BCUT2D eigenvalue weighted by Crippen LogP contribution is -2.28. The highest BCUT2D eigenvalue weighted by Crippen LogP contribution is 2.29. The molecule has 0 bridgehead atoms. The average molecular weight is 284 g/mol. The number of aliphatic hydroxyl groups is 1. The van der Waals surface area contributed by atoms with Crippen LogP contribution in [0.25, 0.3) is 0 Å². The molecule has 16 heavy (non-hydrogen) atoms. The molecular formula is C13H18BrNO. The van der Waals surface area contributed by atoms with Crippen LogP contribution in [0.1, 0.15) is 24.0 Å². The molecule has 1 fully saturated rings. The Bertz CT molecular complexity index is 363.